The number of carbonyl (C=O) groups is 1. The van der Waals surface area contributed by atoms with Gasteiger partial charge >= 0.3 is 0 Å². The molecule has 1 unspecified atom stereocenters. The van der Waals surface area contributed by atoms with Gasteiger partial charge in [0.05, 0.1) is 22.4 Å². The second-order valence-electron chi connectivity index (χ2n) is 7.13. The minimum Gasteiger partial charge on any atom is -0.346 e. The van der Waals surface area contributed by atoms with E-state index in [0.29, 0.717) is 17.3 Å². The molecule has 0 aliphatic carbocycles. The molecule has 8 nitrogen and oxygen atoms in total. The van der Waals surface area contributed by atoms with Crippen LogP contribution in [0.5, 0.6) is 0 Å². The lowest BCUT2D eigenvalue weighted by atomic mass is 10.1. The molecule has 1 amide bonds. The van der Waals surface area contributed by atoms with Crippen LogP contribution in [0, 0.1) is 0 Å². The van der Waals surface area contributed by atoms with Gasteiger partial charge in [0.25, 0.3) is 15.9 Å². The normalized spacial score (nSPS) is 18.2. The summed E-state index contributed by atoms with van der Waals surface area (Å²) >= 11 is 1.23. The third kappa shape index (κ3) is 4.09. The van der Waals surface area contributed by atoms with Gasteiger partial charge < -0.3 is 10.2 Å². The molecule has 0 aromatic heterocycles. The number of sulfone groups is 1. The Balaban J connectivity index is 1.50. The molecule has 158 valence electrons. The molecular weight excluding hydrogens is 446 g/mol. The molecule has 0 bridgehead atoms. The Morgan fingerprint density at radius 3 is 2.57 bits per heavy atom. The lowest BCUT2D eigenvalue weighted by Gasteiger charge is -2.22. The SMILES string of the molecule is CC(NC(=O)c1ccc2c(c1)SC1=NS(=O)(=O)CCN12)c1ccc(S(C)(=O)=O)cc1. The van der Waals surface area contributed by atoms with Gasteiger partial charge in [-0.05, 0) is 54.6 Å². The standard InChI is InChI=1S/C19H19N3O5S3/c1-12(13-3-6-15(7-4-13)29(2,24)25)20-18(23)14-5-8-16-17(11-14)28-19-21-30(26,27)10-9-22(16)19/h3-8,11-12H,9-10H2,1-2H3,(H,20,23). The molecule has 1 N–H and O–H groups in total. The largest absolute Gasteiger partial charge is 0.346 e. The molecule has 0 saturated heterocycles. The van der Waals surface area contributed by atoms with Crippen LogP contribution in [-0.2, 0) is 19.9 Å². The number of nitrogens with one attached hydrogen (secondary N) is 1. The highest BCUT2D eigenvalue weighted by Crippen LogP contribution is 2.42. The topological polar surface area (TPSA) is 113 Å². The Hall–Kier alpha value is -2.37. The van der Waals surface area contributed by atoms with Gasteiger partial charge in [0, 0.05) is 23.3 Å². The fourth-order valence-electron chi connectivity index (χ4n) is 3.24. The number of benzene rings is 2. The first-order valence-electron chi connectivity index (χ1n) is 9.06. The van der Waals surface area contributed by atoms with Crippen molar-refractivity contribution in [1.82, 2.24) is 5.32 Å². The summed E-state index contributed by atoms with van der Waals surface area (Å²) in [5.41, 5.74) is 2.07. The van der Waals surface area contributed by atoms with E-state index in [4.69, 9.17) is 0 Å². The van der Waals surface area contributed by atoms with Crippen molar-refractivity contribution in [3.63, 3.8) is 0 Å². The predicted molar refractivity (Wildman–Crippen MR) is 116 cm³/mol. The summed E-state index contributed by atoms with van der Waals surface area (Å²) in [5.74, 6) is -0.313. The van der Waals surface area contributed by atoms with Gasteiger partial charge in [-0.3, -0.25) is 4.79 Å². The van der Waals surface area contributed by atoms with E-state index in [1.165, 1.54) is 23.9 Å². The van der Waals surface area contributed by atoms with Crippen LogP contribution in [0.15, 0.2) is 56.7 Å². The van der Waals surface area contributed by atoms with Crippen LogP contribution in [-0.4, -0.2) is 46.5 Å². The maximum atomic E-state index is 12.7. The van der Waals surface area contributed by atoms with E-state index in [9.17, 15) is 21.6 Å². The highest BCUT2D eigenvalue weighted by molar-refractivity contribution is 8.15. The number of hydrogen-bond acceptors (Lipinski definition) is 7. The number of thioether (sulfide) groups is 1. The molecule has 2 aromatic rings. The van der Waals surface area contributed by atoms with Crippen LogP contribution in [0.2, 0.25) is 0 Å². The molecule has 0 saturated carbocycles. The minimum absolute atomic E-state index is 0.0334. The first kappa shape index (κ1) is 20.9. The monoisotopic (exact) mass is 465 g/mol. The van der Waals surface area contributed by atoms with Gasteiger partial charge in [-0.2, -0.15) is 0 Å². The molecule has 0 fully saturated rings. The van der Waals surface area contributed by atoms with Crippen LogP contribution in [0.3, 0.4) is 0 Å². The van der Waals surface area contributed by atoms with Crippen molar-refractivity contribution in [2.45, 2.75) is 22.8 Å². The number of amides is 1. The highest BCUT2D eigenvalue weighted by Gasteiger charge is 2.33. The van der Waals surface area contributed by atoms with Gasteiger partial charge in [0.1, 0.15) is 0 Å². The molecule has 2 heterocycles. The molecule has 2 aliphatic rings. The lowest BCUT2D eigenvalue weighted by Crippen LogP contribution is -2.35. The molecule has 2 aliphatic heterocycles. The third-order valence-electron chi connectivity index (χ3n) is 4.89. The maximum absolute atomic E-state index is 12.7. The Labute approximate surface area is 179 Å². The molecule has 4 rings (SSSR count). The van der Waals surface area contributed by atoms with Gasteiger partial charge in [-0.25, -0.2) is 16.8 Å². The van der Waals surface area contributed by atoms with Crippen molar-refractivity contribution >= 4 is 48.4 Å². The number of anilines is 1. The smallest absolute Gasteiger partial charge is 0.257 e. The lowest BCUT2D eigenvalue weighted by molar-refractivity contribution is 0.0939. The summed E-state index contributed by atoms with van der Waals surface area (Å²) in [7, 11) is -6.71. The van der Waals surface area contributed by atoms with Crippen molar-refractivity contribution < 1.29 is 21.6 Å². The van der Waals surface area contributed by atoms with Crippen molar-refractivity contribution in [1.29, 1.82) is 0 Å². The van der Waals surface area contributed by atoms with E-state index in [0.717, 1.165) is 22.4 Å². The number of fused-ring (bicyclic) bond motifs is 3. The number of sulfonamides is 1. The van der Waals surface area contributed by atoms with Crippen molar-refractivity contribution in [3.05, 3.63) is 53.6 Å². The number of hydrogen-bond donors (Lipinski definition) is 1. The van der Waals surface area contributed by atoms with Crippen molar-refractivity contribution in [3.8, 4) is 0 Å². The van der Waals surface area contributed by atoms with Crippen LogP contribution in [0.4, 0.5) is 5.69 Å². The van der Waals surface area contributed by atoms with E-state index in [1.54, 1.807) is 30.3 Å². The summed E-state index contributed by atoms with van der Waals surface area (Å²) in [6.07, 6.45) is 1.15. The minimum atomic E-state index is -3.43. The molecule has 11 heteroatoms. The number of nitrogens with zero attached hydrogens (tertiary/aromatic N) is 2. The Morgan fingerprint density at radius 1 is 1.20 bits per heavy atom. The first-order chi connectivity index (χ1) is 14.0. The Bertz CT molecular complexity index is 1270. The molecule has 0 spiro atoms. The zero-order valence-corrected chi connectivity index (χ0v) is 18.6. The molecular formula is C19H19N3O5S3. The average Bonchev–Trinajstić information content (AvgIpc) is 3.02. The maximum Gasteiger partial charge on any atom is 0.257 e. The number of rotatable bonds is 4. The average molecular weight is 466 g/mol. The summed E-state index contributed by atoms with van der Waals surface area (Å²) in [5, 5.41) is 3.31. The third-order valence-corrected chi connectivity index (χ3v) is 8.33. The predicted octanol–water partition coefficient (Wildman–Crippen LogP) is 2.19. The summed E-state index contributed by atoms with van der Waals surface area (Å²) in [4.78, 5) is 15.6. The van der Waals surface area contributed by atoms with E-state index in [1.807, 2.05) is 11.8 Å². The molecule has 0 radical (unpaired) electrons. The number of amidine groups is 1. The van der Waals surface area contributed by atoms with E-state index >= 15 is 0 Å². The second kappa shape index (κ2) is 7.40. The highest BCUT2D eigenvalue weighted by atomic mass is 32.2. The Morgan fingerprint density at radius 2 is 1.90 bits per heavy atom. The van der Waals surface area contributed by atoms with Gasteiger partial charge in [0.2, 0.25) is 0 Å². The van der Waals surface area contributed by atoms with E-state index in [-0.39, 0.29) is 22.6 Å². The van der Waals surface area contributed by atoms with Gasteiger partial charge in [-0.1, -0.05) is 12.1 Å². The summed E-state index contributed by atoms with van der Waals surface area (Å²) in [6, 6.07) is 11.3. The number of carbonyl (C=O) groups excluding carboxylic acids is 1. The fraction of sp³-hybridized carbons (Fsp3) is 0.263. The molecule has 30 heavy (non-hydrogen) atoms. The summed E-state index contributed by atoms with van der Waals surface area (Å²) < 4.78 is 50.4. The summed E-state index contributed by atoms with van der Waals surface area (Å²) in [6.45, 7) is 2.16. The van der Waals surface area contributed by atoms with Gasteiger partial charge in [0.15, 0.2) is 15.0 Å². The molecule has 2 aromatic carbocycles. The Kier molecular flexibility index (Phi) is 5.15. The zero-order valence-electron chi connectivity index (χ0n) is 16.2. The first-order valence-corrected chi connectivity index (χ1v) is 13.4. The zero-order chi connectivity index (χ0) is 21.7. The quantitative estimate of drug-likeness (QED) is 0.736. The van der Waals surface area contributed by atoms with Gasteiger partial charge in [-0.15, -0.1) is 4.40 Å². The van der Waals surface area contributed by atoms with Crippen LogP contribution in [0.25, 0.3) is 0 Å². The van der Waals surface area contributed by atoms with Crippen LogP contribution >= 0.6 is 11.8 Å². The van der Waals surface area contributed by atoms with Crippen molar-refractivity contribution in [2.24, 2.45) is 4.40 Å². The van der Waals surface area contributed by atoms with Crippen LogP contribution in [0.1, 0.15) is 28.9 Å². The van der Waals surface area contributed by atoms with Crippen LogP contribution < -0.4 is 10.2 Å². The molecule has 1 atom stereocenters. The van der Waals surface area contributed by atoms with E-state index < -0.39 is 19.9 Å². The van der Waals surface area contributed by atoms with E-state index in [2.05, 4.69) is 9.71 Å². The van der Waals surface area contributed by atoms with Crippen molar-refractivity contribution in [2.75, 3.05) is 23.5 Å². The second-order valence-corrected chi connectivity index (χ2v) is 11.9. The fourth-order valence-corrected chi connectivity index (χ4v) is 6.17.